The van der Waals surface area contributed by atoms with E-state index in [2.05, 4.69) is 10.0 Å². The minimum Gasteiger partial charge on any atom is -0.326 e. The quantitative estimate of drug-likeness (QED) is 0.776. The maximum absolute atomic E-state index is 12.6. The molecule has 0 spiro atoms. The fourth-order valence-corrected chi connectivity index (χ4v) is 4.13. The third-order valence-corrected chi connectivity index (χ3v) is 6.17. The Morgan fingerprint density at radius 1 is 1.11 bits per heavy atom. The normalized spacial score (nSPS) is 17.0. The summed E-state index contributed by atoms with van der Waals surface area (Å²) >= 11 is 0. The molecule has 1 aliphatic rings. The molecule has 1 heterocycles. The van der Waals surface area contributed by atoms with Gasteiger partial charge in [0.25, 0.3) is 0 Å². The van der Waals surface area contributed by atoms with Gasteiger partial charge in [-0.25, -0.2) is 13.1 Å². The summed E-state index contributed by atoms with van der Waals surface area (Å²) < 4.78 is 26.3. The van der Waals surface area contributed by atoms with Gasteiger partial charge in [-0.3, -0.25) is 9.59 Å². The summed E-state index contributed by atoms with van der Waals surface area (Å²) in [5.74, 6) is -0.805. The molecule has 0 aliphatic carbocycles. The first kappa shape index (κ1) is 20.0. The monoisotopic (exact) mass is 401 g/mol. The smallest absolute Gasteiger partial charge is 0.240 e. The van der Waals surface area contributed by atoms with Crippen LogP contribution in [0.2, 0.25) is 0 Å². The third-order valence-electron chi connectivity index (χ3n) is 4.61. The Labute approximate surface area is 164 Å². The molecule has 1 unspecified atom stereocenters. The number of aryl methyl sites for hydroxylation is 1. The molecule has 1 saturated heterocycles. The lowest BCUT2D eigenvalue weighted by Crippen LogP contribution is -2.28. The van der Waals surface area contributed by atoms with Gasteiger partial charge in [-0.05, 0) is 43.3 Å². The molecule has 3 rings (SSSR count). The highest BCUT2D eigenvalue weighted by Gasteiger charge is 2.35. The number of sulfonamides is 1. The second-order valence-corrected chi connectivity index (χ2v) is 8.52. The zero-order valence-electron chi connectivity index (χ0n) is 15.8. The topological polar surface area (TPSA) is 95.6 Å². The Kier molecular flexibility index (Phi) is 5.81. The van der Waals surface area contributed by atoms with Gasteiger partial charge in [0.05, 0.1) is 10.8 Å². The summed E-state index contributed by atoms with van der Waals surface area (Å²) in [5.41, 5.74) is 2.37. The number of benzene rings is 2. The van der Waals surface area contributed by atoms with Crippen LogP contribution in [0.3, 0.4) is 0 Å². The van der Waals surface area contributed by atoms with Gasteiger partial charge in [0.2, 0.25) is 21.8 Å². The minimum absolute atomic E-state index is 0.0870. The first-order chi connectivity index (χ1) is 13.3. The average molecular weight is 401 g/mol. The average Bonchev–Trinajstić information content (AvgIpc) is 3.05. The molecule has 0 saturated carbocycles. The Bertz CT molecular complexity index is 970. The van der Waals surface area contributed by atoms with Gasteiger partial charge in [-0.2, -0.15) is 0 Å². The SMILES string of the molecule is CCNS(=O)(=O)c1ccc(NC(=O)C2CC(=O)N(c3ccc(C)cc3)C2)cc1. The number of hydrogen-bond acceptors (Lipinski definition) is 4. The predicted molar refractivity (Wildman–Crippen MR) is 108 cm³/mol. The van der Waals surface area contributed by atoms with Crippen molar-refractivity contribution >= 4 is 33.2 Å². The van der Waals surface area contributed by atoms with Crippen LogP contribution in [-0.4, -0.2) is 33.3 Å². The number of nitrogens with zero attached hydrogens (tertiary/aromatic N) is 1. The van der Waals surface area contributed by atoms with E-state index in [0.29, 0.717) is 18.8 Å². The molecule has 0 bridgehead atoms. The summed E-state index contributed by atoms with van der Waals surface area (Å²) in [6.07, 6.45) is 0.145. The molecule has 28 heavy (non-hydrogen) atoms. The molecular weight excluding hydrogens is 378 g/mol. The molecule has 148 valence electrons. The molecule has 2 aromatic rings. The standard InChI is InChI=1S/C20H23N3O4S/c1-3-21-28(26,27)18-10-6-16(7-11-18)22-20(25)15-12-19(24)23(13-15)17-8-4-14(2)5-9-17/h4-11,15,21H,3,12-13H2,1-2H3,(H,22,25). The molecule has 2 aromatic carbocycles. The zero-order valence-corrected chi connectivity index (χ0v) is 16.6. The number of hydrogen-bond donors (Lipinski definition) is 2. The molecule has 1 atom stereocenters. The van der Waals surface area contributed by atoms with Crippen molar-refractivity contribution in [3.8, 4) is 0 Å². The van der Waals surface area contributed by atoms with Gasteiger partial charge in [-0.1, -0.05) is 24.6 Å². The van der Waals surface area contributed by atoms with Crippen LogP contribution in [0, 0.1) is 12.8 Å². The molecule has 2 N–H and O–H groups in total. The lowest BCUT2D eigenvalue weighted by atomic mass is 10.1. The van der Waals surface area contributed by atoms with Crippen LogP contribution >= 0.6 is 0 Å². The minimum atomic E-state index is -3.53. The zero-order chi connectivity index (χ0) is 20.3. The van der Waals surface area contributed by atoms with Gasteiger partial charge >= 0.3 is 0 Å². The second-order valence-electron chi connectivity index (χ2n) is 6.76. The molecule has 0 radical (unpaired) electrons. The molecule has 8 heteroatoms. The van der Waals surface area contributed by atoms with E-state index in [4.69, 9.17) is 0 Å². The predicted octanol–water partition coefficient (Wildman–Crippen LogP) is 2.28. The maximum atomic E-state index is 12.6. The number of anilines is 2. The summed E-state index contributed by atoms with van der Waals surface area (Å²) in [5, 5.41) is 2.76. The number of nitrogens with one attached hydrogen (secondary N) is 2. The van der Waals surface area contributed by atoms with Crippen molar-refractivity contribution in [1.82, 2.24) is 4.72 Å². The number of carbonyl (C=O) groups is 2. The van der Waals surface area contributed by atoms with E-state index in [1.165, 1.54) is 24.3 Å². The van der Waals surface area contributed by atoms with Crippen molar-refractivity contribution in [1.29, 1.82) is 0 Å². The Morgan fingerprint density at radius 3 is 2.36 bits per heavy atom. The van der Waals surface area contributed by atoms with Crippen molar-refractivity contribution in [2.45, 2.75) is 25.2 Å². The molecular formula is C20H23N3O4S. The van der Waals surface area contributed by atoms with Crippen molar-refractivity contribution in [3.05, 3.63) is 54.1 Å². The largest absolute Gasteiger partial charge is 0.326 e. The van der Waals surface area contributed by atoms with E-state index < -0.39 is 15.9 Å². The molecule has 7 nitrogen and oxygen atoms in total. The maximum Gasteiger partial charge on any atom is 0.240 e. The van der Waals surface area contributed by atoms with Crippen molar-refractivity contribution < 1.29 is 18.0 Å². The third kappa shape index (κ3) is 4.40. The van der Waals surface area contributed by atoms with Gasteiger partial charge in [-0.15, -0.1) is 0 Å². The first-order valence-electron chi connectivity index (χ1n) is 9.08. The van der Waals surface area contributed by atoms with E-state index in [0.717, 1.165) is 11.3 Å². The first-order valence-corrected chi connectivity index (χ1v) is 10.6. The van der Waals surface area contributed by atoms with Crippen LogP contribution in [0.4, 0.5) is 11.4 Å². The van der Waals surface area contributed by atoms with Crippen LogP contribution in [-0.2, 0) is 19.6 Å². The van der Waals surface area contributed by atoms with Crippen molar-refractivity contribution in [3.63, 3.8) is 0 Å². The molecule has 1 fully saturated rings. The summed E-state index contributed by atoms with van der Waals surface area (Å²) in [6.45, 7) is 4.30. The van der Waals surface area contributed by atoms with Gasteiger partial charge < -0.3 is 10.2 Å². The number of rotatable bonds is 6. The van der Waals surface area contributed by atoms with E-state index >= 15 is 0 Å². The summed E-state index contributed by atoms with van der Waals surface area (Å²) in [7, 11) is -3.53. The van der Waals surface area contributed by atoms with Gasteiger partial charge in [0.1, 0.15) is 0 Å². The highest BCUT2D eigenvalue weighted by Crippen LogP contribution is 2.26. The van der Waals surface area contributed by atoms with E-state index in [1.807, 2.05) is 31.2 Å². The van der Waals surface area contributed by atoms with Crippen molar-refractivity contribution in [2.24, 2.45) is 5.92 Å². The molecule has 2 amide bonds. The lowest BCUT2D eigenvalue weighted by molar-refractivity contribution is -0.122. The summed E-state index contributed by atoms with van der Waals surface area (Å²) in [6, 6.07) is 13.6. The fraction of sp³-hybridized carbons (Fsp3) is 0.300. The Morgan fingerprint density at radius 2 is 1.75 bits per heavy atom. The molecule has 0 aromatic heterocycles. The van der Waals surface area contributed by atoms with E-state index in [9.17, 15) is 18.0 Å². The Hall–Kier alpha value is -2.71. The Balaban J connectivity index is 1.65. The second kappa shape index (κ2) is 8.12. The number of amides is 2. The van der Waals surface area contributed by atoms with Gasteiger partial charge in [0, 0.05) is 30.9 Å². The highest BCUT2D eigenvalue weighted by molar-refractivity contribution is 7.89. The highest BCUT2D eigenvalue weighted by atomic mass is 32.2. The van der Waals surface area contributed by atoms with E-state index in [1.54, 1.807) is 11.8 Å². The fourth-order valence-electron chi connectivity index (χ4n) is 3.09. The molecule has 1 aliphatic heterocycles. The van der Waals surface area contributed by atoms with Crippen molar-refractivity contribution in [2.75, 3.05) is 23.3 Å². The number of carbonyl (C=O) groups excluding carboxylic acids is 2. The van der Waals surface area contributed by atoms with E-state index in [-0.39, 0.29) is 23.1 Å². The lowest BCUT2D eigenvalue weighted by Gasteiger charge is -2.17. The van der Waals surface area contributed by atoms with Crippen LogP contribution in [0.1, 0.15) is 18.9 Å². The van der Waals surface area contributed by atoms with Crippen LogP contribution in [0.25, 0.3) is 0 Å². The van der Waals surface area contributed by atoms with Crippen LogP contribution in [0.5, 0.6) is 0 Å². The van der Waals surface area contributed by atoms with Crippen LogP contribution < -0.4 is 14.9 Å². The van der Waals surface area contributed by atoms with Gasteiger partial charge in [0.15, 0.2) is 0 Å². The van der Waals surface area contributed by atoms with Crippen LogP contribution in [0.15, 0.2) is 53.4 Å². The summed E-state index contributed by atoms with van der Waals surface area (Å²) in [4.78, 5) is 26.6.